The number of piperidine rings is 1. The van der Waals surface area contributed by atoms with Gasteiger partial charge in [0.25, 0.3) is 0 Å². The number of benzene rings is 2. The molecule has 1 N–H and O–H groups in total. The van der Waals surface area contributed by atoms with Crippen LogP contribution in [0.4, 0.5) is 9.18 Å². The molecular weight excluding hydrogens is 605 g/mol. The van der Waals surface area contributed by atoms with Crippen molar-refractivity contribution in [3.63, 3.8) is 0 Å². The SMILES string of the molecule is CC(OCC1(c2ccc(F)cc2)CCN(C(=O)O)CC1)c1cc(Cl)cc2c(Br)nn(COCC[Si](C)(C)C)c12. The Hall–Kier alpha value is -1.98. The van der Waals surface area contributed by atoms with E-state index in [-0.39, 0.29) is 11.9 Å². The van der Waals surface area contributed by atoms with E-state index in [9.17, 15) is 14.3 Å². The lowest BCUT2D eigenvalue weighted by Gasteiger charge is -2.41. The van der Waals surface area contributed by atoms with Crippen LogP contribution in [-0.2, 0) is 21.6 Å². The molecular formula is C28H36BrClFN3O4Si. The molecule has 1 unspecified atom stereocenters. The predicted molar refractivity (Wildman–Crippen MR) is 158 cm³/mol. The van der Waals surface area contributed by atoms with Crippen molar-refractivity contribution in [3.8, 4) is 0 Å². The molecule has 39 heavy (non-hydrogen) atoms. The molecule has 2 aromatic carbocycles. The van der Waals surface area contributed by atoms with E-state index in [2.05, 4.69) is 40.7 Å². The fourth-order valence-corrected chi connectivity index (χ4v) is 6.51. The maximum absolute atomic E-state index is 13.7. The third kappa shape index (κ3) is 7.21. The second-order valence-electron chi connectivity index (χ2n) is 11.5. The van der Waals surface area contributed by atoms with E-state index < -0.39 is 19.6 Å². The van der Waals surface area contributed by atoms with Gasteiger partial charge in [-0.05, 0) is 71.6 Å². The minimum absolute atomic E-state index is 0.307. The maximum Gasteiger partial charge on any atom is 0.407 e. The van der Waals surface area contributed by atoms with Crippen molar-refractivity contribution in [2.24, 2.45) is 0 Å². The number of hydrogen-bond acceptors (Lipinski definition) is 4. The molecule has 0 aliphatic carbocycles. The largest absolute Gasteiger partial charge is 0.465 e. The molecule has 2 heterocycles. The minimum atomic E-state index is -1.21. The number of aromatic nitrogens is 2. The minimum Gasteiger partial charge on any atom is -0.465 e. The quantitative estimate of drug-likeness (QED) is 0.182. The summed E-state index contributed by atoms with van der Waals surface area (Å²) in [6.07, 6.45) is -0.108. The Bertz CT molecular complexity index is 1310. The Kier molecular flexibility index (Phi) is 9.43. The van der Waals surface area contributed by atoms with Gasteiger partial charge in [-0.1, -0.05) is 43.4 Å². The Morgan fingerprint density at radius 3 is 2.51 bits per heavy atom. The van der Waals surface area contributed by atoms with Crippen LogP contribution in [0.15, 0.2) is 41.0 Å². The normalized spacial score (nSPS) is 16.5. The molecule has 1 aromatic heterocycles. The van der Waals surface area contributed by atoms with Crippen molar-refractivity contribution in [3.05, 3.63) is 63.0 Å². The molecule has 212 valence electrons. The molecule has 0 saturated carbocycles. The molecule has 1 aliphatic rings. The molecule has 0 spiro atoms. The lowest BCUT2D eigenvalue weighted by molar-refractivity contribution is 0.00527. The van der Waals surface area contributed by atoms with Crippen molar-refractivity contribution in [2.45, 2.75) is 63.7 Å². The first-order valence-electron chi connectivity index (χ1n) is 13.2. The average Bonchev–Trinajstić information content (AvgIpc) is 3.19. The standard InChI is InChI=1S/C28H36BrClFN3O4Si/c1-19(38-17-28(20-5-7-22(31)8-6-20)9-11-33(12-10-28)27(35)36)23-15-21(30)16-24-25(23)34(32-26(24)29)18-37-13-14-39(2,3)4/h5-8,15-16,19H,9-14,17-18H2,1-4H3,(H,35,36). The summed E-state index contributed by atoms with van der Waals surface area (Å²) in [5.41, 5.74) is 2.29. The Balaban J connectivity index is 1.58. The summed E-state index contributed by atoms with van der Waals surface area (Å²) in [5.74, 6) is -0.307. The summed E-state index contributed by atoms with van der Waals surface area (Å²) < 4.78 is 28.8. The first-order valence-corrected chi connectivity index (χ1v) is 18.1. The van der Waals surface area contributed by atoms with Gasteiger partial charge in [-0.3, -0.25) is 0 Å². The maximum atomic E-state index is 13.7. The number of rotatable bonds is 10. The zero-order chi connectivity index (χ0) is 28.4. The number of fused-ring (bicyclic) bond motifs is 1. The highest BCUT2D eigenvalue weighted by Crippen LogP contribution is 2.39. The van der Waals surface area contributed by atoms with Crippen molar-refractivity contribution in [1.82, 2.24) is 14.7 Å². The second kappa shape index (κ2) is 12.3. The lowest BCUT2D eigenvalue weighted by Crippen LogP contribution is -2.47. The zero-order valence-electron chi connectivity index (χ0n) is 22.8. The third-order valence-corrected chi connectivity index (χ3v) is 10.0. The van der Waals surface area contributed by atoms with Gasteiger partial charge in [-0.2, -0.15) is 5.10 Å². The summed E-state index contributed by atoms with van der Waals surface area (Å²) in [4.78, 5) is 13.0. The molecule has 4 rings (SSSR count). The summed E-state index contributed by atoms with van der Waals surface area (Å²) in [7, 11) is -1.21. The summed E-state index contributed by atoms with van der Waals surface area (Å²) >= 11 is 10.1. The number of ether oxygens (including phenoxy) is 2. The molecule has 1 amide bonds. The molecule has 1 atom stereocenters. The van der Waals surface area contributed by atoms with Crippen LogP contribution in [0.25, 0.3) is 10.9 Å². The summed E-state index contributed by atoms with van der Waals surface area (Å²) in [6.45, 7) is 11.1. The molecule has 0 radical (unpaired) electrons. The van der Waals surface area contributed by atoms with E-state index in [4.69, 9.17) is 21.1 Å². The van der Waals surface area contributed by atoms with E-state index in [0.717, 1.165) is 28.1 Å². The number of likely N-dealkylation sites (tertiary alicyclic amines) is 1. The molecule has 0 bridgehead atoms. The van der Waals surface area contributed by atoms with Gasteiger partial charge in [0.1, 0.15) is 17.2 Å². The Morgan fingerprint density at radius 1 is 1.23 bits per heavy atom. The fraction of sp³-hybridized carbons (Fsp3) is 0.500. The van der Waals surface area contributed by atoms with Crippen LogP contribution in [0.3, 0.4) is 0 Å². The van der Waals surface area contributed by atoms with E-state index in [1.807, 2.05) is 23.7 Å². The molecule has 11 heteroatoms. The van der Waals surface area contributed by atoms with E-state index in [1.54, 1.807) is 12.1 Å². The summed E-state index contributed by atoms with van der Waals surface area (Å²) in [6, 6.07) is 11.3. The van der Waals surface area contributed by atoms with E-state index >= 15 is 0 Å². The van der Waals surface area contributed by atoms with Crippen molar-refractivity contribution in [1.29, 1.82) is 0 Å². The number of amides is 1. The number of halogens is 3. The van der Waals surface area contributed by atoms with Gasteiger partial charge in [-0.25, -0.2) is 13.9 Å². The smallest absolute Gasteiger partial charge is 0.407 e. The van der Waals surface area contributed by atoms with Crippen LogP contribution in [0.5, 0.6) is 0 Å². The number of nitrogens with zero attached hydrogens (tertiary/aromatic N) is 3. The lowest BCUT2D eigenvalue weighted by atomic mass is 9.73. The first-order chi connectivity index (χ1) is 18.4. The van der Waals surface area contributed by atoms with Gasteiger partial charge < -0.3 is 19.5 Å². The Morgan fingerprint density at radius 2 is 1.90 bits per heavy atom. The van der Waals surface area contributed by atoms with Gasteiger partial charge in [0, 0.05) is 49.2 Å². The first kappa shape index (κ1) is 30.0. The van der Waals surface area contributed by atoms with Crippen molar-refractivity contribution >= 4 is 52.6 Å². The highest BCUT2D eigenvalue weighted by molar-refractivity contribution is 9.10. The van der Waals surface area contributed by atoms with Gasteiger partial charge in [-0.15, -0.1) is 0 Å². The van der Waals surface area contributed by atoms with Gasteiger partial charge >= 0.3 is 6.09 Å². The average molecular weight is 641 g/mol. The second-order valence-corrected chi connectivity index (χ2v) is 18.3. The highest BCUT2D eigenvalue weighted by atomic mass is 79.9. The topological polar surface area (TPSA) is 76.8 Å². The van der Waals surface area contributed by atoms with E-state index in [1.165, 1.54) is 17.0 Å². The zero-order valence-corrected chi connectivity index (χ0v) is 26.2. The monoisotopic (exact) mass is 639 g/mol. The highest BCUT2D eigenvalue weighted by Gasteiger charge is 2.38. The van der Waals surface area contributed by atoms with Crippen LogP contribution in [0.2, 0.25) is 30.7 Å². The van der Waals surface area contributed by atoms with Crippen LogP contribution in [-0.4, -0.2) is 60.3 Å². The predicted octanol–water partition coefficient (Wildman–Crippen LogP) is 7.69. The number of carbonyl (C=O) groups is 1. The van der Waals surface area contributed by atoms with Crippen LogP contribution in [0, 0.1) is 5.82 Å². The number of carboxylic acid groups (broad SMARTS) is 1. The van der Waals surface area contributed by atoms with E-state index in [0.29, 0.717) is 55.5 Å². The van der Waals surface area contributed by atoms with Crippen molar-refractivity contribution in [2.75, 3.05) is 26.3 Å². The molecule has 3 aromatic rings. The third-order valence-electron chi connectivity index (χ3n) is 7.50. The molecule has 1 saturated heterocycles. The summed E-state index contributed by atoms with van der Waals surface area (Å²) in [5, 5.41) is 15.6. The van der Waals surface area contributed by atoms with Crippen LogP contribution < -0.4 is 0 Å². The fourth-order valence-electron chi connectivity index (χ4n) is 5.03. The van der Waals surface area contributed by atoms with Crippen LogP contribution in [0.1, 0.15) is 37.0 Å². The Labute approximate surface area is 243 Å². The molecule has 1 aliphatic heterocycles. The van der Waals surface area contributed by atoms with Gasteiger partial charge in [0.15, 0.2) is 0 Å². The molecule has 7 nitrogen and oxygen atoms in total. The van der Waals surface area contributed by atoms with Crippen LogP contribution >= 0.6 is 27.5 Å². The van der Waals surface area contributed by atoms with Gasteiger partial charge in [0.05, 0.1) is 18.2 Å². The number of hydrogen-bond donors (Lipinski definition) is 1. The van der Waals surface area contributed by atoms with Gasteiger partial charge in [0.2, 0.25) is 0 Å². The van der Waals surface area contributed by atoms with Crippen molar-refractivity contribution < 1.29 is 23.8 Å². The molecule has 1 fully saturated rings.